The van der Waals surface area contributed by atoms with Gasteiger partial charge in [-0.05, 0) is 12.3 Å². The number of aromatic carboxylic acids is 1. The number of carbonyl (C=O) groups is 2. The Hall–Kier alpha value is -2.16. The van der Waals surface area contributed by atoms with Crippen LogP contribution >= 0.6 is 0 Å². The Balaban J connectivity index is 1.80. The smallest absolute Gasteiger partial charge is 0.358 e. The standard InChI is InChI=1S/C12H19N5O4/c1-8-2-4-17(10(8)7-18)12(21)13-3-5-16-6-9(11(19)20)14-15-16/h6,8,10,18H,2-5,7H2,1H3,(H,13,21)(H,19,20). The number of likely N-dealkylation sites (tertiary alicyclic amines) is 1. The van der Waals surface area contributed by atoms with Crippen molar-refractivity contribution in [3.05, 3.63) is 11.9 Å². The van der Waals surface area contributed by atoms with Gasteiger partial charge < -0.3 is 20.4 Å². The Labute approximate surface area is 121 Å². The topological polar surface area (TPSA) is 121 Å². The van der Waals surface area contributed by atoms with Crippen molar-refractivity contribution in [1.29, 1.82) is 0 Å². The zero-order valence-corrected chi connectivity index (χ0v) is 11.8. The molecule has 0 saturated carbocycles. The summed E-state index contributed by atoms with van der Waals surface area (Å²) in [6.45, 7) is 3.24. The number of hydrogen-bond donors (Lipinski definition) is 3. The summed E-state index contributed by atoms with van der Waals surface area (Å²) in [4.78, 5) is 24.3. The number of nitrogens with zero attached hydrogens (tertiary/aromatic N) is 4. The van der Waals surface area contributed by atoms with E-state index in [0.717, 1.165) is 6.42 Å². The second-order valence-electron chi connectivity index (χ2n) is 5.11. The van der Waals surface area contributed by atoms with Crippen LogP contribution < -0.4 is 5.32 Å². The molecular weight excluding hydrogens is 278 g/mol. The highest BCUT2D eigenvalue weighted by Gasteiger charge is 2.33. The van der Waals surface area contributed by atoms with Crippen molar-refractivity contribution >= 4 is 12.0 Å². The van der Waals surface area contributed by atoms with Crippen LogP contribution in [-0.2, 0) is 6.54 Å². The SMILES string of the molecule is CC1CCN(C(=O)NCCn2cc(C(=O)O)nn2)C1CO. The normalized spacial score (nSPS) is 21.5. The molecule has 1 aromatic heterocycles. The Morgan fingerprint density at radius 2 is 2.29 bits per heavy atom. The lowest BCUT2D eigenvalue weighted by Gasteiger charge is -2.25. The molecule has 2 amide bonds. The maximum Gasteiger partial charge on any atom is 0.358 e. The van der Waals surface area contributed by atoms with Gasteiger partial charge in [-0.2, -0.15) is 0 Å². The molecule has 116 valence electrons. The minimum absolute atomic E-state index is 0.0420. The largest absolute Gasteiger partial charge is 0.476 e. The highest BCUT2D eigenvalue weighted by molar-refractivity contribution is 5.84. The number of rotatable bonds is 5. The molecule has 1 saturated heterocycles. The molecule has 21 heavy (non-hydrogen) atoms. The number of carbonyl (C=O) groups excluding carboxylic acids is 1. The minimum atomic E-state index is -1.14. The summed E-state index contributed by atoms with van der Waals surface area (Å²) in [5.41, 5.74) is -0.130. The van der Waals surface area contributed by atoms with Gasteiger partial charge in [0.25, 0.3) is 0 Å². The second kappa shape index (κ2) is 6.53. The molecule has 9 heteroatoms. The predicted octanol–water partition coefficient (Wildman–Crippen LogP) is -0.611. The molecule has 1 aliphatic rings. The molecule has 3 N–H and O–H groups in total. The van der Waals surface area contributed by atoms with Crippen LogP contribution in [0, 0.1) is 5.92 Å². The van der Waals surface area contributed by atoms with Crippen LogP contribution in [0.15, 0.2) is 6.20 Å². The van der Waals surface area contributed by atoms with Gasteiger partial charge in [0.15, 0.2) is 5.69 Å². The van der Waals surface area contributed by atoms with E-state index in [1.165, 1.54) is 10.9 Å². The van der Waals surface area contributed by atoms with Gasteiger partial charge in [-0.15, -0.1) is 5.10 Å². The first kappa shape index (κ1) is 15.2. The van der Waals surface area contributed by atoms with Crippen LogP contribution in [-0.4, -0.2) is 67.8 Å². The first-order valence-corrected chi connectivity index (χ1v) is 6.81. The predicted molar refractivity (Wildman–Crippen MR) is 71.7 cm³/mol. The monoisotopic (exact) mass is 297 g/mol. The maximum absolute atomic E-state index is 12.0. The number of aliphatic hydroxyl groups is 1. The van der Waals surface area contributed by atoms with Gasteiger partial charge in [0.05, 0.1) is 25.4 Å². The van der Waals surface area contributed by atoms with Crippen LogP contribution in [0.4, 0.5) is 4.79 Å². The van der Waals surface area contributed by atoms with Crippen molar-refractivity contribution in [1.82, 2.24) is 25.2 Å². The van der Waals surface area contributed by atoms with E-state index < -0.39 is 5.97 Å². The molecule has 1 aromatic rings. The van der Waals surface area contributed by atoms with E-state index in [9.17, 15) is 14.7 Å². The molecule has 0 spiro atoms. The fraction of sp³-hybridized carbons (Fsp3) is 0.667. The summed E-state index contributed by atoms with van der Waals surface area (Å²) in [6.07, 6.45) is 2.19. The van der Waals surface area contributed by atoms with Crippen LogP contribution in [0.3, 0.4) is 0 Å². The molecular formula is C12H19N5O4. The lowest BCUT2D eigenvalue weighted by Crippen LogP contribution is -2.46. The second-order valence-corrected chi connectivity index (χ2v) is 5.11. The van der Waals surface area contributed by atoms with Gasteiger partial charge >= 0.3 is 12.0 Å². The molecule has 0 aliphatic carbocycles. The van der Waals surface area contributed by atoms with Crippen molar-refractivity contribution in [3.63, 3.8) is 0 Å². The average molecular weight is 297 g/mol. The molecule has 0 bridgehead atoms. The Morgan fingerprint density at radius 1 is 1.52 bits per heavy atom. The molecule has 1 fully saturated rings. The van der Waals surface area contributed by atoms with E-state index in [1.54, 1.807) is 4.90 Å². The van der Waals surface area contributed by atoms with E-state index in [1.807, 2.05) is 6.92 Å². The van der Waals surface area contributed by atoms with Crippen molar-refractivity contribution in [2.75, 3.05) is 19.7 Å². The van der Waals surface area contributed by atoms with Crippen molar-refractivity contribution in [3.8, 4) is 0 Å². The van der Waals surface area contributed by atoms with Gasteiger partial charge in [0, 0.05) is 13.1 Å². The fourth-order valence-corrected chi connectivity index (χ4v) is 2.42. The van der Waals surface area contributed by atoms with Crippen molar-refractivity contribution < 1.29 is 19.8 Å². The van der Waals surface area contributed by atoms with Crippen molar-refractivity contribution in [2.45, 2.75) is 25.9 Å². The molecule has 2 atom stereocenters. The maximum atomic E-state index is 12.0. The lowest BCUT2D eigenvalue weighted by atomic mass is 10.0. The van der Waals surface area contributed by atoms with Crippen LogP contribution in [0.25, 0.3) is 0 Å². The van der Waals surface area contributed by atoms with Gasteiger partial charge in [-0.25, -0.2) is 14.3 Å². The average Bonchev–Trinajstić information content (AvgIpc) is 3.05. The quantitative estimate of drug-likeness (QED) is 0.666. The first-order valence-electron chi connectivity index (χ1n) is 6.81. The molecule has 2 unspecified atom stereocenters. The van der Waals surface area contributed by atoms with Gasteiger partial charge in [0.2, 0.25) is 0 Å². The molecule has 9 nitrogen and oxygen atoms in total. The molecule has 1 aliphatic heterocycles. The Kier molecular flexibility index (Phi) is 4.73. The highest BCUT2D eigenvalue weighted by Crippen LogP contribution is 2.23. The van der Waals surface area contributed by atoms with Gasteiger partial charge in [-0.3, -0.25) is 0 Å². The number of urea groups is 1. The summed E-state index contributed by atoms with van der Waals surface area (Å²) in [5, 5.41) is 27.9. The third-order valence-corrected chi connectivity index (χ3v) is 3.71. The summed E-state index contributed by atoms with van der Waals surface area (Å²) in [5.74, 6) is -0.851. The third kappa shape index (κ3) is 3.48. The number of aromatic nitrogens is 3. The zero-order valence-electron chi connectivity index (χ0n) is 11.8. The number of carboxylic acid groups (broad SMARTS) is 1. The highest BCUT2D eigenvalue weighted by atomic mass is 16.4. The summed E-state index contributed by atoms with van der Waals surface area (Å²) in [6, 6.07) is -0.369. The van der Waals surface area contributed by atoms with Gasteiger partial charge in [-0.1, -0.05) is 12.1 Å². The molecule has 0 radical (unpaired) electrons. The van der Waals surface area contributed by atoms with Gasteiger partial charge in [0.1, 0.15) is 0 Å². The van der Waals surface area contributed by atoms with E-state index in [2.05, 4.69) is 15.6 Å². The van der Waals surface area contributed by atoms with Crippen molar-refractivity contribution in [2.24, 2.45) is 5.92 Å². The summed E-state index contributed by atoms with van der Waals surface area (Å²) >= 11 is 0. The number of amides is 2. The summed E-state index contributed by atoms with van der Waals surface area (Å²) < 4.78 is 1.36. The molecule has 0 aromatic carbocycles. The number of carboxylic acids is 1. The van der Waals surface area contributed by atoms with E-state index in [0.29, 0.717) is 19.6 Å². The number of nitrogens with one attached hydrogen (secondary N) is 1. The zero-order chi connectivity index (χ0) is 15.4. The molecule has 2 rings (SSSR count). The van der Waals surface area contributed by atoms with Crippen LogP contribution in [0.1, 0.15) is 23.8 Å². The van der Waals surface area contributed by atoms with E-state index >= 15 is 0 Å². The van der Waals surface area contributed by atoms with E-state index in [4.69, 9.17) is 5.11 Å². The minimum Gasteiger partial charge on any atom is -0.476 e. The third-order valence-electron chi connectivity index (χ3n) is 3.71. The Bertz CT molecular complexity index is 518. The number of aliphatic hydroxyl groups excluding tert-OH is 1. The van der Waals surface area contributed by atoms with Crippen LogP contribution in [0.2, 0.25) is 0 Å². The lowest BCUT2D eigenvalue weighted by molar-refractivity contribution is 0.0690. The van der Waals surface area contributed by atoms with E-state index in [-0.39, 0.29) is 30.3 Å². The molecule has 2 heterocycles. The first-order chi connectivity index (χ1) is 10.0. The Morgan fingerprint density at radius 3 is 2.90 bits per heavy atom. The van der Waals surface area contributed by atoms with Crippen LogP contribution in [0.5, 0.6) is 0 Å². The fourth-order valence-electron chi connectivity index (χ4n) is 2.42. The number of hydrogen-bond acceptors (Lipinski definition) is 5. The summed E-state index contributed by atoms with van der Waals surface area (Å²) in [7, 11) is 0.